The van der Waals surface area contributed by atoms with Gasteiger partial charge in [0.05, 0.1) is 6.20 Å². The van der Waals surface area contributed by atoms with Crippen molar-refractivity contribution in [3.8, 4) is 0 Å². The first-order chi connectivity index (χ1) is 10.5. The molecule has 0 atom stereocenters. The Balaban J connectivity index is 0.000000561. The number of nitrogens with zero attached hydrogens (tertiary/aromatic N) is 3. The van der Waals surface area contributed by atoms with E-state index in [4.69, 9.17) is 11.6 Å². The number of hydrogen-bond donors (Lipinski definition) is 1. The molecule has 2 aliphatic rings. The molecule has 1 aliphatic heterocycles. The first-order valence-corrected chi connectivity index (χ1v) is 8.56. The Morgan fingerprint density at radius 1 is 1.27 bits per heavy atom. The highest BCUT2D eigenvalue weighted by Gasteiger charge is 2.53. The van der Waals surface area contributed by atoms with Crippen LogP contribution in [0.4, 0.5) is 11.5 Å². The van der Waals surface area contributed by atoms with Gasteiger partial charge in [0.15, 0.2) is 5.82 Å². The molecule has 1 aliphatic carbocycles. The lowest BCUT2D eigenvalue weighted by Gasteiger charge is -2.53. The average Bonchev–Trinajstić information content (AvgIpc) is 2.48. The van der Waals surface area contributed by atoms with Gasteiger partial charge in [0.1, 0.15) is 11.2 Å². The van der Waals surface area contributed by atoms with E-state index in [2.05, 4.69) is 34.0 Å². The van der Waals surface area contributed by atoms with E-state index < -0.39 is 5.54 Å². The molecule has 1 saturated carbocycles. The molecule has 0 radical (unpaired) electrons. The molecule has 0 bridgehead atoms. The summed E-state index contributed by atoms with van der Waals surface area (Å²) in [6.45, 7) is 12.1. The molecular weight excluding hydrogens is 300 g/mol. The van der Waals surface area contributed by atoms with Crippen molar-refractivity contribution in [3.05, 3.63) is 11.5 Å². The summed E-state index contributed by atoms with van der Waals surface area (Å²) in [4.78, 5) is 22.6. The predicted octanol–water partition coefficient (Wildman–Crippen LogP) is 4.27. The van der Waals surface area contributed by atoms with Crippen molar-refractivity contribution in [2.45, 2.75) is 72.4 Å². The fourth-order valence-electron chi connectivity index (χ4n) is 2.89. The van der Waals surface area contributed by atoms with Gasteiger partial charge in [-0.25, -0.2) is 4.98 Å². The van der Waals surface area contributed by atoms with Crippen LogP contribution in [-0.2, 0) is 4.79 Å². The molecule has 0 saturated heterocycles. The fourth-order valence-corrected chi connectivity index (χ4v) is 3.02. The van der Waals surface area contributed by atoms with Crippen LogP contribution in [-0.4, -0.2) is 27.5 Å². The molecule has 22 heavy (non-hydrogen) atoms. The van der Waals surface area contributed by atoms with Crippen molar-refractivity contribution >= 4 is 29.0 Å². The smallest absolute Gasteiger partial charge is 0.250 e. The number of rotatable bonds is 1. The van der Waals surface area contributed by atoms with Crippen LogP contribution in [0.25, 0.3) is 0 Å². The number of carbonyl (C=O) groups excluding carboxylic acids is 1. The van der Waals surface area contributed by atoms with E-state index in [9.17, 15) is 4.79 Å². The van der Waals surface area contributed by atoms with E-state index in [1.54, 1.807) is 6.20 Å². The van der Waals surface area contributed by atoms with E-state index in [1.807, 2.05) is 27.7 Å². The van der Waals surface area contributed by atoms with Gasteiger partial charge >= 0.3 is 0 Å². The van der Waals surface area contributed by atoms with Gasteiger partial charge in [0.25, 0.3) is 0 Å². The monoisotopic (exact) mass is 326 g/mol. The Morgan fingerprint density at radius 2 is 1.86 bits per heavy atom. The minimum atomic E-state index is -0.432. The normalized spacial score (nSPS) is 17.5. The van der Waals surface area contributed by atoms with Gasteiger partial charge in [-0.2, -0.15) is 4.98 Å². The molecular formula is C16H27ClN4O. The van der Waals surface area contributed by atoms with Crippen molar-refractivity contribution < 1.29 is 4.79 Å². The minimum absolute atomic E-state index is 0.0564. The van der Waals surface area contributed by atoms with Crippen LogP contribution < -0.4 is 10.2 Å². The zero-order chi connectivity index (χ0) is 16.9. The molecule has 2 heterocycles. The van der Waals surface area contributed by atoms with Crippen LogP contribution in [0.5, 0.6) is 0 Å². The maximum Gasteiger partial charge on any atom is 0.250 e. The SMILES string of the molecule is CC.CC.CC(C)N1c2nc(Cl)ncc2NC(=O)C12CCC2. The number of fused-ring (bicyclic) bond motifs is 1. The topological polar surface area (TPSA) is 58.1 Å². The summed E-state index contributed by atoms with van der Waals surface area (Å²) in [5.74, 6) is 0.796. The van der Waals surface area contributed by atoms with Crippen molar-refractivity contribution in [2.24, 2.45) is 0 Å². The quantitative estimate of drug-likeness (QED) is 0.783. The predicted molar refractivity (Wildman–Crippen MR) is 92.6 cm³/mol. The lowest BCUT2D eigenvalue weighted by molar-refractivity contribution is -0.124. The van der Waals surface area contributed by atoms with Gasteiger partial charge in [-0.05, 0) is 44.7 Å². The van der Waals surface area contributed by atoms with Gasteiger partial charge in [0.2, 0.25) is 11.2 Å². The summed E-state index contributed by atoms with van der Waals surface area (Å²) in [5.41, 5.74) is 0.217. The minimum Gasteiger partial charge on any atom is -0.338 e. The van der Waals surface area contributed by atoms with Gasteiger partial charge < -0.3 is 10.2 Å². The maximum atomic E-state index is 12.3. The summed E-state index contributed by atoms with van der Waals surface area (Å²) in [7, 11) is 0. The van der Waals surface area contributed by atoms with E-state index in [0.717, 1.165) is 25.1 Å². The van der Waals surface area contributed by atoms with Crippen molar-refractivity contribution in [1.29, 1.82) is 0 Å². The molecule has 1 N–H and O–H groups in total. The number of aromatic nitrogens is 2. The molecule has 1 spiro atoms. The van der Waals surface area contributed by atoms with Gasteiger partial charge in [-0.15, -0.1) is 0 Å². The number of nitrogens with one attached hydrogen (secondary N) is 1. The first kappa shape index (κ1) is 18.7. The van der Waals surface area contributed by atoms with Gasteiger partial charge in [0, 0.05) is 6.04 Å². The first-order valence-electron chi connectivity index (χ1n) is 8.18. The summed E-state index contributed by atoms with van der Waals surface area (Å²) < 4.78 is 0. The highest BCUT2D eigenvalue weighted by Crippen LogP contribution is 2.47. The molecule has 1 fully saturated rings. The second-order valence-corrected chi connectivity index (χ2v) is 5.52. The Labute approximate surface area is 138 Å². The molecule has 0 aromatic carbocycles. The third-order valence-corrected chi connectivity index (χ3v) is 3.98. The molecule has 3 rings (SSSR count). The van der Waals surface area contributed by atoms with Crippen LogP contribution in [0.2, 0.25) is 5.28 Å². The van der Waals surface area contributed by atoms with Crippen molar-refractivity contribution in [3.63, 3.8) is 0 Å². The van der Waals surface area contributed by atoms with Crippen LogP contribution in [0.1, 0.15) is 60.8 Å². The summed E-state index contributed by atoms with van der Waals surface area (Å²) in [5, 5.41) is 3.11. The number of halogens is 1. The Hall–Kier alpha value is -1.36. The summed E-state index contributed by atoms with van der Waals surface area (Å²) in [6, 6.07) is 0.195. The van der Waals surface area contributed by atoms with Crippen LogP contribution >= 0.6 is 11.6 Å². The number of anilines is 2. The molecule has 5 nitrogen and oxygen atoms in total. The Kier molecular flexibility index (Phi) is 6.60. The average molecular weight is 327 g/mol. The third kappa shape index (κ3) is 3.05. The Morgan fingerprint density at radius 3 is 2.32 bits per heavy atom. The summed E-state index contributed by atoms with van der Waals surface area (Å²) >= 11 is 5.88. The van der Waals surface area contributed by atoms with E-state index in [0.29, 0.717) is 5.69 Å². The molecule has 124 valence electrons. The number of hydrogen-bond acceptors (Lipinski definition) is 4. The fraction of sp³-hybridized carbons (Fsp3) is 0.688. The van der Waals surface area contributed by atoms with Crippen LogP contribution in [0, 0.1) is 0 Å². The second kappa shape index (κ2) is 7.77. The van der Waals surface area contributed by atoms with Crippen LogP contribution in [0.15, 0.2) is 6.20 Å². The molecule has 1 aromatic rings. The third-order valence-electron chi connectivity index (χ3n) is 3.80. The molecule has 1 amide bonds. The standard InChI is InChI=1S/C12H15ClN4O.2C2H6/c1-7(2)17-9-8(6-14-11(13)16-9)15-10(18)12(17)4-3-5-12;2*1-2/h6-7H,3-5H2,1-2H3,(H,15,18);2*1-2H3. The number of amides is 1. The Bertz CT molecular complexity index is 515. The van der Waals surface area contributed by atoms with Crippen molar-refractivity contribution in [1.82, 2.24) is 9.97 Å². The molecule has 0 unspecified atom stereocenters. The van der Waals surface area contributed by atoms with Crippen LogP contribution in [0.3, 0.4) is 0 Å². The highest BCUT2D eigenvalue weighted by molar-refractivity contribution is 6.28. The summed E-state index contributed by atoms with van der Waals surface area (Å²) in [6.07, 6.45) is 4.39. The second-order valence-electron chi connectivity index (χ2n) is 5.18. The lowest BCUT2D eigenvalue weighted by atomic mass is 9.72. The number of carbonyl (C=O) groups is 1. The van der Waals surface area contributed by atoms with E-state index in [1.165, 1.54) is 0 Å². The largest absolute Gasteiger partial charge is 0.338 e. The molecule has 6 heteroatoms. The van der Waals surface area contributed by atoms with Crippen molar-refractivity contribution in [2.75, 3.05) is 10.2 Å². The molecule has 1 aromatic heterocycles. The maximum absolute atomic E-state index is 12.3. The van der Waals surface area contributed by atoms with E-state index >= 15 is 0 Å². The van der Waals surface area contributed by atoms with Gasteiger partial charge in [-0.3, -0.25) is 4.79 Å². The van der Waals surface area contributed by atoms with Gasteiger partial charge in [-0.1, -0.05) is 27.7 Å². The lowest BCUT2D eigenvalue weighted by Crippen LogP contribution is -2.66. The zero-order valence-electron chi connectivity index (χ0n) is 14.4. The zero-order valence-corrected chi connectivity index (χ0v) is 15.2. The highest BCUT2D eigenvalue weighted by atomic mass is 35.5. The van der Waals surface area contributed by atoms with E-state index in [-0.39, 0.29) is 17.2 Å².